The number of benzene rings is 1. The molecule has 0 spiro atoms. The summed E-state index contributed by atoms with van der Waals surface area (Å²) >= 11 is 0. The quantitative estimate of drug-likeness (QED) is 0.841. The molecule has 2 rings (SSSR count). The highest BCUT2D eigenvalue weighted by atomic mass is 16.4. The van der Waals surface area contributed by atoms with Gasteiger partial charge in [-0.1, -0.05) is 13.3 Å². The van der Waals surface area contributed by atoms with Crippen molar-refractivity contribution in [3.05, 3.63) is 44.5 Å². The van der Waals surface area contributed by atoms with Crippen LogP contribution in [0.1, 0.15) is 44.0 Å². The van der Waals surface area contributed by atoms with Gasteiger partial charge in [0.05, 0.1) is 16.6 Å². The Kier molecular flexibility index (Phi) is 3.72. The van der Waals surface area contributed by atoms with Crippen LogP contribution in [0.4, 0.5) is 0 Å². The Hall–Kier alpha value is -2.37. The van der Waals surface area contributed by atoms with E-state index in [-0.39, 0.29) is 5.56 Å². The van der Waals surface area contributed by atoms with E-state index < -0.39 is 22.6 Å². The third kappa shape index (κ3) is 2.61. The van der Waals surface area contributed by atoms with Gasteiger partial charge in [-0.05, 0) is 38.5 Å². The molecule has 0 aliphatic carbocycles. The summed E-state index contributed by atoms with van der Waals surface area (Å²) in [6, 6.07) is 4.34. The Bertz CT molecular complexity index is 815. The van der Waals surface area contributed by atoms with Crippen LogP contribution in [0.3, 0.4) is 0 Å². The topological polar surface area (TPSA) is 92.2 Å². The van der Waals surface area contributed by atoms with Crippen LogP contribution in [-0.4, -0.2) is 20.6 Å². The first-order valence-electron chi connectivity index (χ1n) is 6.81. The molecular formula is C15H18N2O4. The number of carboxylic acid groups (broad SMARTS) is 1. The van der Waals surface area contributed by atoms with Gasteiger partial charge in [0.2, 0.25) is 0 Å². The second kappa shape index (κ2) is 5.20. The first-order chi connectivity index (χ1) is 9.77. The molecule has 1 aromatic carbocycles. The van der Waals surface area contributed by atoms with E-state index in [0.29, 0.717) is 17.5 Å². The maximum absolute atomic E-state index is 12.3. The monoisotopic (exact) mass is 290 g/mol. The van der Waals surface area contributed by atoms with Crippen molar-refractivity contribution in [2.24, 2.45) is 0 Å². The molecule has 1 heterocycles. The number of fused-ring (bicyclic) bond motifs is 1. The van der Waals surface area contributed by atoms with Crippen molar-refractivity contribution in [1.82, 2.24) is 9.55 Å². The molecule has 0 saturated carbocycles. The van der Waals surface area contributed by atoms with E-state index in [1.54, 1.807) is 0 Å². The Balaban J connectivity index is 2.91. The largest absolute Gasteiger partial charge is 0.478 e. The van der Waals surface area contributed by atoms with E-state index in [9.17, 15) is 14.4 Å². The lowest BCUT2D eigenvalue weighted by molar-refractivity contribution is 0.0697. The molecule has 0 bridgehead atoms. The summed E-state index contributed by atoms with van der Waals surface area (Å²) in [5.74, 6) is -1.07. The summed E-state index contributed by atoms with van der Waals surface area (Å²) in [5, 5.41) is 9.11. The molecule has 21 heavy (non-hydrogen) atoms. The maximum atomic E-state index is 12.3. The van der Waals surface area contributed by atoms with Crippen molar-refractivity contribution in [2.75, 3.05) is 0 Å². The minimum atomic E-state index is -1.07. The van der Waals surface area contributed by atoms with Crippen LogP contribution in [0.5, 0.6) is 0 Å². The summed E-state index contributed by atoms with van der Waals surface area (Å²) < 4.78 is 1.40. The Labute approximate surface area is 121 Å². The molecule has 0 radical (unpaired) electrons. The van der Waals surface area contributed by atoms with Gasteiger partial charge in [0.15, 0.2) is 0 Å². The summed E-state index contributed by atoms with van der Waals surface area (Å²) in [5.41, 5.74) is -0.977. The van der Waals surface area contributed by atoms with Gasteiger partial charge in [-0.2, -0.15) is 0 Å². The van der Waals surface area contributed by atoms with E-state index in [0.717, 1.165) is 6.42 Å². The third-order valence-electron chi connectivity index (χ3n) is 3.60. The molecule has 0 fully saturated rings. The van der Waals surface area contributed by atoms with E-state index in [1.165, 1.54) is 22.8 Å². The lowest BCUT2D eigenvalue weighted by atomic mass is 9.97. The van der Waals surface area contributed by atoms with Crippen LogP contribution in [0.2, 0.25) is 0 Å². The minimum Gasteiger partial charge on any atom is -0.478 e. The van der Waals surface area contributed by atoms with Gasteiger partial charge >= 0.3 is 17.1 Å². The van der Waals surface area contributed by atoms with Crippen LogP contribution in [0.15, 0.2) is 27.8 Å². The average Bonchev–Trinajstić information content (AvgIpc) is 2.39. The van der Waals surface area contributed by atoms with Gasteiger partial charge in [0.1, 0.15) is 0 Å². The molecule has 0 saturated heterocycles. The summed E-state index contributed by atoms with van der Waals surface area (Å²) in [4.78, 5) is 37.7. The molecule has 0 atom stereocenters. The number of hydrogen-bond donors (Lipinski definition) is 2. The average molecular weight is 290 g/mol. The third-order valence-corrected chi connectivity index (χ3v) is 3.60. The number of H-pyrrole nitrogens is 1. The van der Waals surface area contributed by atoms with Crippen LogP contribution in [-0.2, 0) is 5.54 Å². The first-order valence-corrected chi connectivity index (χ1v) is 6.81. The summed E-state index contributed by atoms with van der Waals surface area (Å²) in [7, 11) is 0. The fraction of sp³-hybridized carbons (Fsp3) is 0.400. The molecule has 2 N–H and O–H groups in total. The molecule has 0 aliphatic heterocycles. The lowest BCUT2D eigenvalue weighted by Gasteiger charge is -2.28. The number of aromatic carboxylic acids is 1. The van der Waals surface area contributed by atoms with E-state index in [2.05, 4.69) is 4.98 Å². The van der Waals surface area contributed by atoms with Crippen molar-refractivity contribution in [3.63, 3.8) is 0 Å². The zero-order chi connectivity index (χ0) is 15.8. The van der Waals surface area contributed by atoms with Gasteiger partial charge in [0, 0.05) is 5.54 Å². The number of rotatable bonds is 4. The molecule has 0 amide bonds. The second-order valence-electron chi connectivity index (χ2n) is 5.69. The van der Waals surface area contributed by atoms with Gasteiger partial charge < -0.3 is 10.1 Å². The smallest absolute Gasteiger partial charge is 0.335 e. The number of nitrogens with zero attached hydrogens (tertiary/aromatic N) is 1. The van der Waals surface area contributed by atoms with Crippen molar-refractivity contribution in [2.45, 2.75) is 39.2 Å². The highest BCUT2D eigenvalue weighted by molar-refractivity contribution is 5.92. The molecular weight excluding hydrogens is 272 g/mol. The molecule has 0 unspecified atom stereocenters. The molecule has 1 aromatic heterocycles. The standard InChI is InChI=1S/C15H18N2O4/c1-4-7-15(2,3)17-11-8-9(14(20)21)5-6-10(11)16-12(18)13(17)19/h5-6,8H,4,7H2,1-3H3,(H,16,18)(H,20,21). The summed E-state index contributed by atoms with van der Waals surface area (Å²) in [6.45, 7) is 5.72. The zero-order valence-corrected chi connectivity index (χ0v) is 12.3. The normalized spacial score (nSPS) is 11.8. The highest BCUT2D eigenvalue weighted by Gasteiger charge is 2.24. The Morgan fingerprint density at radius 1 is 1.33 bits per heavy atom. The van der Waals surface area contributed by atoms with Crippen LogP contribution >= 0.6 is 0 Å². The fourth-order valence-corrected chi connectivity index (χ4v) is 2.67. The van der Waals surface area contributed by atoms with Crippen molar-refractivity contribution in [3.8, 4) is 0 Å². The van der Waals surface area contributed by atoms with Gasteiger partial charge in [-0.25, -0.2) is 4.79 Å². The Morgan fingerprint density at radius 3 is 2.57 bits per heavy atom. The molecule has 6 nitrogen and oxygen atoms in total. The van der Waals surface area contributed by atoms with E-state index in [4.69, 9.17) is 5.11 Å². The lowest BCUT2D eigenvalue weighted by Crippen LogP contribution is -2.44. The maximum Gasteiger partial charge on any atom is 0.335 e. The van der Waals surface area contributed by atoms with Gasteiger partial charge in [-0.3, -0.25) is 14.2 Å². The number of aromatic amines is 1. The van der Waals surface area contributed by atoms with Crippen LogP contribution in [0.25, 0.3) is 11.0 Å². The molecule has 112 valence electrons. The molecule has 6 heteroatoms. The number of carbonyl (C=O) groups is 1. The molecule has 0 aliphatic rings. The summed E-state index contributed by atoms with van der Waals surface area (Å²) in [6.07, 6.45) is 1.54. The van der Waals surface area contributed by atoms with Crippen LogP contribution < -0.4 is 11.1 Å². The van der Waals surface area contributed by atoms with Crippen LogP contribution in [0, 0.1) is 0 Å². The zero-order valence-electron chi connectivity index (χ0n) is 12.3. The fourth-order valence-electron chi connectivity index (χ4n) is 2.67. The number of aromatic nitrogens is 2. The van der Waals surface area contributed by atoms with E-state index >= 15 is 0 Å². The van der Waals surface area contributed by atoms with Crippen molar-refractivity contribution in [1.29, 1.82) is 0 Å². The van der Waals surface area contributed by atoms with Crippen molar-refractivity contribution < 1.29 is 9.90 Å². The minimum absolute atomic E-state index is 0.0787. The predicted molar refractivity (Wildman–Crippen MR) is 80.0 cm³/mol. The number of nitrogens with one attached hydrogen (secondary N) is 1. The highest BCUT2D eigenvalue weighted by Crippen LogP contribution is 2.24. The number of carboxylic acids is 1. The SMILES string of the molecule is CCCC(C)(C)n1c(=O)c(=O)[nH]c2ccc(C(=O)O)cc21. The Morgan fingerprint density at radius 2 is 2.00 bits per heavy atom. The predicted octanol–water partition coefficient (Wildman–Crippen LogP) is 1.92. The second-order valence-corrected chi connectivity index (χ2v) is 5.69. The van der Waals surface area contributed by atoms with E-state index in [1.807, 2.05) is 20.8 Å². The van der Waals surface area contributed by atoms with Gasteiger partial charge in [-0.15, -0.1) is 0 Å². The van der Waals surface area contributed by atoms with Gasteiger partial charge in [0.25, 0.3) is 0 Å². The first kappa shape index (κ1) is 15.0. The molecule has 2 aromatic rings. The number of hydrogen-bond acceptors (Lipinski definition) is 3. The van der Waals surface area contributed by atoms with Crippen molar-refractivity contribution >= 4 is 17.0 Å².